The molecule has 0 amide bonds. The zero-order valence-electron chi connectivity index (χ0n) is 12.5. The number of morpholine rings is 1. The number of nitriles is 1. The number of rotatable bonds is 2. The molecule has 1 aromatic carbocycles. The number of fused-ring (bicyclic) bond motifs is 1. The lowest BCUT2D eigenvalue weighted by molar-refractivity contribution is -0.0721. The van der Waals surface area contributed by atoms with Crippen molar-refractivity contribution in [3.8, 4) is 6.07 Å². The quantitative estimate of drug-likeness (QED) is 0.906. The molecule has 1 aromatic rings. The van der Waals surface area contributed by atoms with Gasteiger partial charge in [-0.25, -0.2) is 4.39 Å². The van der Waals surface area contributed by atoms with E-state index in [0.29, 0.717) is 18.6 Å². The first kappa shape index (κ1) is 14.1. The van der Waals surface area contributed by atoms with Gasteiger partial charge in [0, 0.05) is 32.2 Å². The molecule has 0 radical (unpaired) electrons. The molecule has 2 atom stereocenters. The summed E-state index contributed by atoms with van der Waals surface area (Å²) in [4.78, 5) is 2.46. The number of ether oxygens (including phenoxy) is 1. The van der Waals surface area contributed by atoms with Crippen LogP contribution in [-0.4, -0.2) is 43.7 Å². The Kier molecular flexibility index (Phi) is 3.61. The highest BCUT2D eigenvalue weighted by molar-refractivity contribution is 5.49. The van der Waals surface area contributed by atoms with Crippen LogP contribution in [0.15, 0.2) is 12.1 Å². The number of benzene rings is 1. The molecular formula is C17H20FN3O. The summed E-state index contributed by atoms with van der Waals surface area (Å²) in [6.45, 7) is 4.53. The second-order valence-corrected chi connectivity index (χ2v) is 6.49. The van der Waals surface area contributed by atoms with E-state index in [4.69, 9.17) is 4.74 Å². The van der Waals surface area contributed by atoms with Gasteiger partial charge in [-0.2, -0.15) is 5.26 Å². The molecule has 2 aliphatic heterocycles. The van der Waals surface area contributed by atoms with Gasteiger partial charge in [0.15, 0.2) is 0 Å². The average molecular weight is 301 g/mol. The van der Waals surface area contributed by atoms with Crippen molar-refractivity contribution < 1.29 is 9.13 Å². The van der Waals surface area contributed by atoms with Crippen LogP contribution in [0.4, 0.5) is 4.39 Å². The van der Waals surface area contributed by atoms with Gasteiger partial charge in [-0.15, -0.1) is 0 Å². The van der Waals surface area contributed by atoms with Gasteiger partial charge in [0.05, 0.1) is 18.3 Å². The predicted octanol–water partition coefficient (Wildman–Crippen LogP) is 1.92. The van der Waals surface area contributed by atoms with E-state index in [1.165, 1.54) is 6.07 Å². The second-order valence-electron chi connectivity index (χ2n) is 6.49. The maximum absolute atomic E-state index is 14.0. The van der Waals surface area contributed by atoms with Gasteiger partial charge in [-0.05, 0) is 36.0 Å². The zero-order chi connectivity index (χ0) is 15.1. The zero-order valence-corrected chi connectivity index (χ0v) is 12.5. The van der Waals surface area contributed by atoms with Gasteiger partial charge >= 0.3 is 0 Å². The SMILES string of the molecule is N#Cc1c(F)ccc([C@@H]2CN3CCNC[C@H]3CO2)c1C1CC1. The Bertz CT molecular complexity index is 623. The van der Waals surface area contributed by atoms with Gasteiger partial charge in [0.25, 0.3) is 0 Å². The molecule has 3 fully saturated rings. The number of hydrogen-bond acceptors (Lipinski definition) is 4. The lowest BCUT2D eigenvalue weighted by Gasteiger charge is -2.43. The van der Waals surface area contributed by atoms with Crippen molar-refractivity contribution in [1.82, 2.24) is 10.2 Å². The van der Waals surface area contributed by atoms with Crippen LogP contribution in [-0.2, 0) is 4.74 Å². The van der Waals surface area contributed by atoms with Crippen LogP contribution in [0.2, 0.25) is 0 Å². The molecule has 3 aliphatic rings. The fourth-order valence-corrected chi connectivity index (χ4v) is 3.70. The van der Waals surface area contributed by atoms with Crippen molar-refractivity contribution in [3.05, 3.63) is 34.6 Å². The fourth-order valence-electron chi connectivity index (χ4n) is 3.70. The Morgan fingerprint density at radius 2 is 2.23 bits per heavy atom. The number of nitrogens with one attached hydrogen (secondary N) is 1. The van der Waals surface area contributed by atoms with Crippen LogP contribution in [0.5, 0.6) is 0 Å². The molecule has 0 spiro atoms. The molecule has 1 N–H and O–H groups in total. The molecule has 116 valence electrons. The third-order valence-electron chi connectivity index (χ3n) is 5.03. The minimum absolute atomic E-state index is 0.0438. The molecule has 2 saturated heterocycles. The molecule has 22 heavy (non-hydrogen) atoms. The molecule has 2 heterocycles. The monoisotopic (exact) mass is 301 g/mol. The van der Waals surface area contributed by atoms with Crippen molar-refractivity contribution in [3.63, 3.8) is 0 Å². The molecule has 0 bridgehead atoms. The molecule has 4 rings (SSSR count). The Morgan fingerprint density at radius 1 is 1.36 bits per heavy atom. The van der Waals surface area contributed by atoms with Gasteiger partial charge < -0.3 is 10.1 Å². The summed E-state index contributed by atoms with van der Waals surface area (Å²) < 4.78 is 20.1. The first-order chi connectivity index (χ1) is 10.8. The van der Waals surface area contributed by atoms with Crippen LogP contribution in [0.25, 0.3) is 0 Å². The molecular weight excluding hydrogens is 281 g/mol. The molecule has 0 aromatic heterocycles. The van der Waals surface area contributed by atoms with Crippen molar-refractivity contribution in [2.75, 3.05) is 32.8 Å². The minimum atomic E-state index is -0.399. The number of piperazine rings is 1. The van der Waals surface area contributed by atoms with E-state index in [-0.39, 0.29) is 11.7 Å². The van der Waals surface area contributed by atoms with E-state index in [0.717, 1.165) is 50.1 Å². The maximum Gasteiger partial charge on any atom is 0.141 e. The third kappa shape index (κ3) is 2.41. The summed E-state index contributed by atoms with van der Waals surface area (Å²) >= 11 is 0. The van der Waals surface area contributed by atoms with E-state index in [1.807, 2.05) is 6.07 Å². The van der Waals surface area contributed by atoms with Gasteiger partial charge in [0.2, 0.25) is 0 Å². The first-order valence-corrected chi connectivity index (χ1v) is 8.06. The molecule has 5 heteroatoms. The van der Waals surface area contributed by atoms with Crippen LogP contribution in [0.3, 0.4) is 0 Å². The van der Waals surface area contributed by atoms with Crippen molar-refractivity contribution in [2.24, 2.45) is 0 Å². The Labute approximate surface area is 129 Å². The Balaban J connectivity index is 1.66. The largest absolute Gasteiger partial charge is 0.370 e. The predicted molar refractivity (Wildman–Crippen MR) is 80.0 cm³/mol. The van der Waals surface area contributed by atoms with Crippen LogP contribution in [0.1, 0.15) is 41.6 Å². The highest BCUT2D eigenvalue weighted by Crippen LogP contribution is 2.46. The van der Waals surface area contributed by atoms with Crippen molar-refractivity contribution in [1.29, 1.82) is 5.26 Å². The standard InChI is InChI=1S/C17H20FN3O/c18-15-4-3-13(17(11-1-2-11)14(15)7-19)16-9-21-6-5-20-8-12(21)10-22-16/h3-4,11-12,16,20H,1-2,5-6,8-10H2/t12-,16-/m0/s1. The molecule has 1 saturated carbocycles. The minimum Gasteiger partial charge on any atom is -0.370 e. The van der Waals surface area contributed by atoms with Gasteiger partial charge in [0.1, 0.15) is 11.9 Å². The average Bonchev–Trinajstić information content (AvgIpc) is 3.39. The van der Waals surface area contributed by atoms with E-state index < -0.39 is 5.82 Å². The number of hydrogen-bond donors (Lipinski definition) is 1. The topological polar surface area (TPSA) is 48.3 Å². The third-order valence-corrected chi connectivity index (χ3v) is 5.03. The molecule has 4 nitrogen and oxygen atoms in total. The summed E-state index contributed by atoms with van der Waals surface area (Å²) in [5, 5.41) is 12.7. The van der Waals surface area contributed by atoms with E-state index in [1.54, 1.807) is 0 Å². The lowest BCUT2D eigenvalue weighted by Crippen LogP contribution is -2.57. The van der Waals surface area contributed by atoms with E-state index in [2.05, 4.69) is 16.3 Å². The Hall–Kier alpha value is -1.48. The van der Waals surface area contributed by atoms with E-state index >= 15 is 0 Å². The highest BCUT2D eigenvalue weighted by atomic mass is 19.1. The first-order valence-electron chi connectivity index (χ1n) is 8.06. The molecule has 0 unspecified atom stereocenters. The van der Waals surface area contributed by atoms with Crippen LogP contribution >= 0.6 is 0 Å². The normalized spacial score (nSPS) is 28.9. The van der Waals surface area contributed by atoms with Crippen molar-refractivity contribution in [2.45, 2.75) is 30.9 Å². The summed E-state index contributed by atoms with van der Waals surface area (Å²) in [5.74, 6) is -0.0614. The fraction of sp³-hybridized carbons (Fsp3) is 0.588. The van der Waals surface area contributed by atoms with E-state index in [9.17, 15) is 9.65 Å². The van der Waals surface area contributed by atoms with Crippen molar-refractivity contribution >= 4 is 0 Å². The van der Waals surface area contributed by atoms with Crippen LogP contribution in [0, 0.1) is 17.1 Å². The Morgan fingerprint density at radius 3 is 3.00 bits per heavy atom. The summed E-state index contributed by atoms with van der Waals surface area (Å²) in [5.41, 5.74) is 2.16. The summed E-state index contributed by atoms with van der Waals surface area (Å²) in [6, 6.07) is 5.76. The smallest absolute Gasteiger partial charge is 0.141 e. The summed E-state index contributed by atoms with van der Waals surface area (Å²) in [7, 11) is 0. The van der Waals surface area contributed by atoms with Gasteiger partial charge in [-0.1, -0.05) is 6.07 Å². The van der Waals surface area contributed by atoms with Gasteiger partial charge in [-0.3, -0.25) is 4.90 Å². The summed E-state index contributed by atoms with van der Waals surface area (Å²) in [6.07, 6.45) is 2.06. The number of nitrogens with zero attached hydrogens (tertiary/aromatic N) is 2. The second kappa shape index (κ2) is 5.62. The highest BCUT2D eigenvalue weighted by Gasteiger charge is 2.36. The maximum atomic E-state index is 14.0. The lowest BCUT2D eigenvalue weighted by atomic mass is 9.92. The van der Waals surface area contributed by atoms with Crippen LogP contribution < -0.4 is 5.32 Å². The number of halogens is 1. The molecule has 1 aliphatic carbocycles.